The van der Waals surface area contributed by atoms with Crippen LogP contribution >= 0.6 is 0 Å². The summed E-state index contributed by atoms with van der Waals surface area (Å²) in [7, 11) is 1.75. The molecule has 0 saturated carbocycles. The van der Waals surface area contributed by atoms with E-state index >= 15 is 0 Å². The molecule has 0 radical (unpaired) electrons. The Hall–Kier alpha value is -0.870. The maximum absolute atomic E-state index is 5.63. The van der Waals surface area contributed by atoms with Gasteiger partial charge in [0.05, 0.1) is 0 Å². The van der Waals surface area contributed by atoms with Crippen LogP contribution in [0.25, 0.3) is 0 Å². The van der Waals surface area contributed by atoms with Gasteiger partial charge in [0.1, 0.15) is 11.4 Å². The maximum Gasteiger partial charge on any atom is 0.138 e. The Morgan fingerprint density at radius 2 is 2.06 bits per heavy atom. The van der Waals surface area contributed by atoms with Gasteiger partial charge in [-0.1, -0.05) is 20.8 Å². The second-order valence-corrected chi connectivity index (χ2v) is 3.94. The van der Waals surface area contributed by atoms with Crippen molar-refractivity contribution in [2.45, 2.75) is 45.8 Å². The maximum atomic E-state index is 5.63. The van der Waals surface area contributed by atoms with E-state index < -0.39 is 0 Å². The van der Waals surface area contributed by atoms with Gasteiger partial charge in [-0.3, -0.25) is 0 Å². The Bertz CT molecular complexity index is 297. The van der Waals surface area contributed by atoms with Crippen molar-refractivity contribution in [3.05, 3.63) is 17.7 Å². The summed E-state index contributed by atoms with van der Waals surface area (Å²) in [5.74, 6) is 0.938. The Morgan fingerprint density at radius 3 is 2.56 bits per heavy atom. The largest absolute Gasteiger partial charge is 0.370 e. The normalized spacial score (nSPS) is 12.0. The van der Waals surface area contributed by atoms with E-state index in [4.69, 9.17) is 4.74 Å². The van der Waals surface area contributed by atoms with Crippen molar-refractivity contribution in [2.24, 2.45) is 0 Å². The van der Waals surface area contributed by atoms with Crippen molar-refractivity contribution in [1.29, 1.82) is 0 Å². The summed E-state index contributed by atoms with van der Waals surface area (Å²) in [6.45, 7) is 8.13. The average molecular weight is 225 g/mol. The molecule has 0 aromatic carbocycles. The van der Waals surface area contributed by atoms with Crippen LogP contribution in [0.15, 0.2) is 6.20 Å². The summed E-state index contributed by atoms with van der Waals surface area (Å²) < 4.78 is 5.63. The molecule has 1 rings (SSSR count). The topological polar surface area (TPSA) is 49.9 Å². The van der Waals surface area contributed by atoms with Crippen molar-refractivity contribution >= 4 is 0 Å². The average Bonchev–Trinajstić information content (AvgIpc) is 2.79. The van der Waals surface area contributed by atoms with Crippen LogP contribution in [0.3, 0.4) is 0 Å². The van der Waals surface area contributed by atoms with Gasteiger partial charge in [0.25, 0.3) is 0 Å². The summed E-state index contributed by atoms with van der Waals surface area (Å²) in [4.78, 5) is 7.78. The number of ether oxygens (including phenoxy) is 1. The van der Waals surface area contributed by atoms with Crippen LogP contribution in [-0.4, -0.2) is 23.6 Å². The first-order chi connectivity index (χ1) is 7.72. The first kappa shape index (κ1) is 13.2. The van der Waals surface area contributed by atoms with Crippen LogP contribution in [0.4, 0.5) is 0 Å². The molecule has 1 aromatic rings. The number of aromatic amines is 1. The van der Waals surface area contributed by atoms with Gasteiger partial charge in [-0.2, -0.15) is 0 Å². The Morgan fingerprint density at radius 1 is 1.38 bits per heavy atom. The molecule has 92 valence electrons. The molecule has 16 heavy (non-hydrogen) atoms. The number of nitrogens with one attached hydrogen (secondary N) is 2. The quantitative estimate of drug-likeness (QED) is 0.748. The van der Waals surface area contributed by atoms with E-state index in [9.17, 15) is 0 Å². The van der Waals surface area contributed by atoms with Crippen LogP contribution in [-0.2, 0) is 16.9 Å². The molecule has 0 aliphatic heterocycles. The van der Waals surface area contributed by atoms with Crippen molar-refractivity contribution in [3.8, 4) is 0 Å². The van der Waals surface area contributed by atoms with Crippen molar-refractivity contribution in [2.75, 3.05) is 13.7 Å². The molecule has 1 aromatic heterocycles. The van der Waals surface area contributed by atoms with Gasteiger partial charge in [0.2, 0.25) is 0 Å². The molecule has 0 aliphatic carbocycles. The summed E-state index contributed by atoms with van der Waals surface area (Å²) in [5.41, 5.74) is 0.852. The molecular formula is C12H23N3O. The lowest BCUT2D eigenvalue weighted by molar-refractivity contribution is -0.0285. The van der Waals surface area contributed by atoms with Crippen LogP contribution in [0.5, 0.6) is 0 Å². The Kier molecular flexibility index (Phi) is 4.96. The van der Waals surface area contributed by atoms with Gasteiger partial charge in [0.15, 0.2) is 0 Å². The molecule has 1 heterocycles. The number of nitrogens with zero attached hydrogens (tertiary/aromatic N) is 1. The summed E-state index contributed by atoms with van der Waals surface area (Å²) in [6.07, 6.45) is 3.74. The summed E-state index contributed by atoms with van der Waals surface area (Å²) in [6, 6.07) is 0. The first-order valence-corrected chi connectivity index (χ1v) is 6.02. The first-order valence-electron chi connectivity index (χ1n) is 6.02. The number of imidazole rings is 1. The molecule has 0 fully saturated rings. The summed E-state index contributed by atoms with van der Waals surface area (Å²) in [5, 5.41) is 3.27. The number of aromatic nitrogens is 2. The van der Waals surface area contributed by atoms with Crippen molar-refractivity contribution in [3.63, 3.8) is 0 Å². The highest BCUT2D eigenvalue weighted by Crippen LogP contribution is 2.29. The predicted molar refractivity (Wildman–Crippen MR) is 65.2 cm³/mol. The zero-order valence-corrected chi connectivity index (χ0v) is 10.8. The van der Waals surface area contributed by atoms with Crippen molar-refractivity contribution in [1.82, 2.24) is 15.3 Å². The zero-order chi connectivity index (χ0) is 12.0. The molecule has 0 saturated heterocycles. The van der Waals surface area contributed by atoms with Gasteiger partial charge in [-0.15, -0.1) is 0 Å². The molecule has 0 unspecified atom stereocenters. The monoisotopic (exact) mass is 225 g/mol. The third kappa shape index (κ3) is 2.62. The van der Waals surface area contributed by atoms with E-state index in [1.165, 1.54) is 0 Å². The lowest BCUT2D eigenvalue weighted by atomic mass is 9.96. The number of hydrogen-bond donors (Lipinski definition) is 2. The highest BCUT2D eigenvalue weighted by atomic mass is 16.5. The molecular weight excluding hydrogens is 202 g/mol. The minimum absolute atomic E-state index is 0.259. The second-order valence-electron chi connectivity index (χ2n) is 3.94. The highest BCUT2D eigenvalue weighted by molar-refractivity contribution is 5.08. The molecule has 0 amide bonds. The van der Waals surface area contributed by atoms with Crippen LogP contribution in [0.1, 0.15) is 45.1 Å². The highest BCUT2D eigenvalue weighted by Gasteiger charge is 2.31. The van der Waals surface area contributed by atoms with Gasteiger partial charge in [0, 0.05) is 25.5 Å². The van der Waals surface area contributed by atoms with Gasteiger partial charge >= 0.3 is 0 Å². The van der Waals surface area contributed by atoms with Crippen LogP contribution < -0.4 is 5.32 Å². The predicted octanol–water partition coefficient (Wildman–Crippen LogP) is 2.18. The SMILES string of the molecule is CCNCc1cnc(C(CC)(CC)OC)[nH]1. The van der Waals surface area contributed by atoms with Crippen molar-refractivity contribution < 1.29 is 4.74 Å². The minimum atomic E-state index is -0.259. The molecule has 0 aliphatic rings. The fourth-order valence-electron chi connectivity index (χ4n) is 1.91. The third-order valence-electron chi connectivity index (χ3n) is 3.16. The fraction of sp³-hybridized carbons (Fsp3) is 0.750. The molecule has 4 nitrogen and oxygen atoms in total. The Labute approximate surface area is 97.8 Å². The number of hydrogen-bond acceptors (Lipinski definition) is 3. The van der Waals surface area contributed by atoms with E-state index in [1.807, 2.05) is 6.20 Å². The molecule has 0 bridgehead atoms. The van der Waals surface area contributed by atoms with Gasteiger partial charge in [-0.05, 0) is 19.4 Å². The lowest BCUT2D eigenvalue weighted by Gasteiger charge is -2.27. The van der Waals surface area contributed by atoms with E-state index in [0.29, 0.717) is 0 Å². The van der Waals surface area contributed by atoms with Crippen LogP contribution in [0.2, 0.25) is 0 Å². The van der Waals surface area contributed by atoms with Crippen LogP contribution in [0, 0.1) is 0 Å². The molecule has 0 atom stereocenters. The zero-order valence-electron chi connectivity index (χ0n) is 10.8. The van der Waals surface area contributed by atoms with E-state index in [-0.39, 0.29) is 5.60 Å². The minimum Gasteiger partial charge on any atom is -0.370 e. The Balaban J connectivity index is 2.81. The number of rotatable bonds is 7. The third-order valence-corrected chi connectivity index (χ3v) is 3.16. The molecule has 4 heteroatoms. The fourth-order valence-corrected chi connectivity index (χ4v) is 1.91. The molecule has 0 spiro atoms. The standard InChI is InChI=1S/C12H23N3O/c1-5-12(6-2,16-4)11-14-9-10(15-11)8-13-7-3/h9,13H,5-8H2,1-4H3,(H,14,15). The van der Waals surface area contributed by atoms with E-state index in [2.05, 4.69) is 36.1 Å². The molecule has 2 N–H and O–H groups in total. The van der Waals surface area contributed by atoms with Gasteiger partial charge < -0.3 is 15.0 Å². The van der Waals surface area contributed by atoms with E-state index in [1.54, 1.807) is 7.11 Å². The lowest BCUT2D eigenvalue weighted by Crippen LogP contribution is -2.28. The van der Waals surface area contributed by atoms with E-state index in [0.717, 1.165) is 37.4 Å². The van der Waals surface area contributed by atoms with Gasteiger partial charge in [-0.25, -0.2) is 4.98 Å². The number of methoxy groups -OCH3 is 1. The number of H-pyrrole nitrogens is 1. The summed E-state index contributed by atoms with van der Waals surface area (Å²) >= 11 is 0. The smallest absolute Gasteiger partial charge is 0.138 e. The second kappa shape index (κ2) is 6.01.